The predicted octanol–water partition coefficient (Wildman–Crippen LogP) is 4.66. The molecule has 1 atom stereocenters. The molecular weight excluding hydrogens is 620 g/mol. The maximum absolute atomic E-state index is 14.0. The lowest BCUT2D eigenvalue weighted by Gasteiger charge is -2.38. The highest BCUT2D eigenvalue weighted by Crippen LogP contribution is 2.26. The molecule has 0 spiro atoms. The summed E-state index contributed by atoms with van der Waals surface area (Å²) in [6.45, 7) is 5.75. The summed E-state index contributed by atoms with van der Waals surface area (Å²) in [5.41, 5.74) is 2.83. The second-order valence-corrected chi connectivity index (χ2v) is 12.2. The van der Waals surface area contributed by atoms with Gasteiger partial charge in [0.05, 0.1) is 12.0 Å². The van der Waals surface area contributed by atoms with E-state index in [1.807, 2.05) is 36.1 Å². The van der Waals surface area contributed by atoms with Crippen LogP contribution in [-0.2, 0) is 22.6 Å². The van der Waals surface area contributed by atoms with E-state index in [9.17, 15) is 19.2 Å². The molecule has 6 rings (SSSR count). The van der Waals surface area contributed by atoms with Crippen LogP contribution in [0.2, 0.25) is 5.02 Å². The van der Waals surface area contributed by atoms with Crippen LogP contribution < -0.4 is 20.4 Å². The number of fused-ring (bicyclic) bond motifs is 1. The van der Waals surface area contributed by atoms with E-state index < -0.39 is 11.9 Å². The number of benzene rings is 3. The summed E-state index contributed by atoms with van der Waals surface area (Å²) in [6.07, 6.45) is 1.71. The zero-order valence-electron chi connectivity index (χ0n) is 26.2. The first-order valence-corrected chi connectivity index (χ1v) is 16.3. The number of hydrogen-bond acceptors (Lipinski definition) is 7. The molecule has 1 aromatic heterocycles. The molecule has 10 nitrogen and oxygen atoms in total. The number of carbonyl (C=O) groups is 3. The first-order valence-electron chi connectivity index (χ1n) is 15.9. The minimum Gasteiger partial charge on any atom is -0.494 e. The number of amides is 3. The summed E-state index contributed by atoms with van der Waals surface area (Å²) in [4.78, 5) is 58.6. The van der Waals surface area contributed by atoms with Crippen LogP contribution in [0.15, 0.2) is 82.0 Å². The van der Waals surface area contributed by atoms with Gasteiger partial charge in [-0.15, -0.1) is 0 Å². The van der Waals surface area contributed by atoms with Gasteiger partial charge in [0.15, 0.2) is 11.2 Å². The molecule has 4 aromatic rings. The molecular formula is C36H37ClN4O6. The number of rotatable bonds is 10. The number of piperazine rings is 1. The molecule has 2 aliphatic rings. The van der Waals surface area contributed by atoms with E-state index in [-0.39, 0.29) is 35.0 Å². The van der Waals surface area contributed by atoms with Gasteiger partial charge in [0, 0.05) is 68.9 Å². The van der Waals surface area contributed by atoms with Crippen LogP contribution in [0.5, 0.6) is 5.75 Å². The van der Waals surface area contributed by atoms with E-state index in [1.54, 1.807) is 35.2 Å². The molecule has 3 aromatic carbocycles. The number of halogens is 1. The first kappa shape index (κ1) is 32.1. The number of carbonyl (C=O) groups excluding carboxylic acids is 3. The SMILES string of the molecule is CCOc1ccc2oc(C(=O)N[C@@H](Cc3ccc(Cl)cc3)C(=O)N3CCN(c4ccccc4CN4CCCC4=O)CC3)cc(=O)c2c1. The molecule has 11 heteroatoms. The molecule has 2 fully saturated rings. The van der Waals surface area contributed by atoms with Crippen molar-refractivity contribution in [2.75, 3.05) is 44.2 Å². The number of ether oxygens (including phenoxy) is 1. The molecule has 0 aliphatic carbocycles. The van der Waals surface area contributed by atoms with Crippen molar-refractivity contribution in [2.45, 2.75) is 38.8 Å². The van der Waals surface area contributed by atoms with Gasteiger partial charge in [0.2, 0.25) is 11.8 Å². The van der Waals surface area contributed by atoms with E-state index in [0.29, 0.717) is 61.9 Å². The van der Waals surface area contributed by atoms with Gasteiger partial charge < -0.3 is 29.2 Å². The third-order valence-corrected chi connectivity index (χ3v) is 8.90. The number of nitrogens with zero attached hydrogens (tertiary/aromatic N) is 3. The quantitative estimate of drug-likeness (QED) is 0.264. The smallest absolute Gasteiger partial charge is 0.287 e. The monoisotopic (exact) mass is 656 g/mol. The van der Waals surface area contributed by atoms with Gasteiger partial charge in [-0.05, 0) is 60.9 Å². The van der Waals surface area contributed by atoms with Gasteiger partial charge in [0.1, 0.15) is 17.4 Å². The molecule has 244 valence electrons. The third kappa shape index (κ3) is 7.44. The Bertz CT molecular complexity index is 1830. The van der Waals surface area contributed by atoms with Crippen molar-refractivity contribution in [1.82, 2.24) is 15.1 Å². The Morgan fingerprint density at radius 3 is 2.45 bits per heavy atom. The van der Waals surface area contributed by atoms with E-state index >= 15 is 0 Å². The van der Waals surface area contributed by atoms with Gasteiger partial charge in [-0.2, -0.15) is 0 Å². The van der Waals surface area contributed by atoms with E-state index in [2.05, 4.69) is 22.3 Å². The van der Waals surface area contributed by atoms with Crippen molar-refractivity contribution < 1.29 is 23.5 Å². The summed E-state index contributed by atoms with van der Waals surface area (Å²) in [6, 6.07) is 20.3. The Morgan fingerprint density at radius 2 is 1.72 bits per heavy atom. The lowest BCUT2D eigenvalue weighted by molar-refractivity contribution is -0.133. The second-order valence-electron chi connectivity index (χ2n) is 11.8. The highest BCUT2D eigenvalue weighted by molar-refractivity contribution is 6.30. The van der Waals surface area contributed by atoms with Crippen molar-refractivity contribution in [3.8, 4) is 5.75 Å². The lowest BCUT2D eigenvalue weighted by atomic mass is 10.0. The molecule has 2 aliphatic heterocycles. The minimum absolute atomic E-state index is 0.182. The van der Waals surface area contributed by atoms with Gasteiger partial charge in [-0.1, -0.05) is 41.9 Å². The Morgan fingerprint density at radius 1 is 0.957 bits per heavy atom. The van der Waals surface area contributed by atoms with Crippen LogP contribution in [0.1, 0.15) is 41.4 Å². The predicted molar refractivity (Wildman–Crippen MR) is 180 cm³/mol. The lowest BCUT2D eigenvalue weighted by Crippen LogP contribution is -2.55. The van der Waals surface area contributed by atoms with Crippen LogP contribution in [0, 0.1) is 0 Å². The van der Waals surface area contributed by atoms with Crippen LogP contribution >= 0.6 is 11.6 Å². The fraction of sp³-hybridized carbons (Fsp3) is 0.333. The summed E-state index contributed by atoms with van der Waals surface area (Å²) in [5, 5.41) is 3.71. The normalized spacial score (nSPS) is 15.6. The van der Waals surface area contributed by atoms with Crippen LogP contribution in [0.3, 0.4) is 0 Å². The zero-order chi connectivity index (χ0) is 32.9. The highest BCUT2D eigenvalue weighted by Gasteiger charge is 2.31. The van der Waals surface area contributed by atoms with Gasteiger partial charge in [0.25, 0.3) is 5.91 Å². The fourth-order valence-corrected chi connectivity index (χ4v) is 6.33. The van der Waals surface area contributed by atoms with Crippen molar-refractivity contribution in [3.05, 3.63) is 105 Å². The number of anilines is 1. The summed E-state index contributed by atoms with van der Waals surface area (Å²) in [5.74, 6) is -0.354. The van der Waals surface area contributed by atoms with E-state index in [1.165, 1.54) is 0 Å². The largest absolute Gasteiger partial charge is 0.494 e. The molecule has 1 N–H and O–H groups in total. The molecule has 2 saturated heterocycles. The maximum atomic E-state index is 14.0. The molecule has 3 heterocycles. The molecule has 0 radical (unpaired) electrons. The summed E-state index contributed by atoms with van der Waals surface area (Å²) < 4.78 is 11.3. The number of hydrogen-bond donors (Lipinski definition) is 1. The van der Waals surface area contributed by atoms with Crippen LogP contribution in [0.25, 0.3) is 11.0 Å². The molecule has 47 heavy (non-hydrogen) atoms. The Labute approximate surface area is 277 Å². The Balaban J connectivity index is 1.18. The van der Waals surface area contributed by atoms with Gasteiger partial charge in [-0.3, -0.25) is 19.2 Å². The van der Waals surface area contributed by atoms with E-state index in [0.717, 1.165) is 35.8 Å². The number of nitrogens with one attached hydrogen (secondary N) is 1. The topological polar surface area (TPSA) is 112 Å². The van der Waals surface area contributed by atoms with Crippen molar-refractivity contribution >= 4 is 46.0 Å². The second kappa shape index (κ2) is 14.3. The Kier molecular flexibility index (Phi) is 9.77. The third-order valence-electron chi connectivity index (χ3n) is 8.65. The summed E-state index contributed by atoms with van der Waals surface area (Å²) in [7, 11) is 0. The standard InChI is InChI=1S/C36H37ClN4O6/c1-2-46-27-13-14-32-28(21-27)31(42)22-33(47-32)35(44)38-29(20-24-9-11-26(37)12-10-24)36(45)40-18-16-39(17-19-40)30-7-4-3-6-25(30)23-41-15-5-8-34(41)43/h3-4,6-7,9-14,21-22,29H,2,5,8,15-20,23H2,1H3,(H,38,44)/t29-/m0/s1. The molecule has 3 amide bonds. The van der Waals surface area contributed by atoms with Gasteiger partial charge >= 0.3 is 0 Å². The van der Waals surface area contributed by atoms with Crippen LogP contribution in [-0.4, -0.2) is 72.9 Å². The molecule has 0 saturated carbocycles. The molecule has 0 bridgehead atoms. The minimum atomic E-state index is -0.912. The van der Waals surface area contributed by atoms with Gasteiger partial charge in [-0.25, -0.2) is 0 Å². The summed E-state index contributed by atoms with van der Waals surface area (Å²) >= 11 is 6.10. The van der Waals surface area contributed by atoms with Crippen molar-refractivity contribution in [1.29, 1.82) is 0 Å². The number of para-hydroxylation sites is 1. The first-order chi connectivity index (χ1) is 22.8. The zero-order valence-corrected chi connectivity index (χ0v) is 27.0. The van der Waals surface area contributed by atoms with E-state index in [4.69, 9.17) is 20.8 Å². The fourth-order valence-electron chi connectivity index (χ4n) is 6.21. The Hall–Kier alpha value is -4.83. The van der Waals surface area contributed by atoms with Crippen molar-refractivity contribution in [3.63, 3.8) is 0 Å². The average Bonchev–Trinajstić information content (AvgIpc) is 3.49. The maximum Gasteiger partial charge on any atom is 0.287 e. The number of likely N-dealkylation sites (tertiary alicyclic amines) is 1. The average molecular weight is 657 g/mol. The van der Waals surface area contributed by atoms with Crippen LogP contribution in [0.4, 0.5) is 5.69 Å². The molecule has 0 unspecified atom stereocenters. The highest BCUT2D eigenvalue weighted by atomic mass is 35.5. The van der Waals surface area contributed by atoms with Crippen molar-refractivity contribution in [2.24, 2.45) is 0 Å².